The van der Waals surface area contributed by atoms with E-state index in [0.717, 1.165) is 11.8 Å². The summed E-state index contributed by atoms with van der Waals surface area (Å²) in [5.74, 6) is 1.63. The van der Waals surface area contributed by atoms with Crippen LogP contribution in [0, 0.1) is 11.8 Å². The highest BCUT2D eigenvalue weighted by atomic mass is 15.0. The fourth-order valence-electron chi connectivity index (χ4n) is 5.77. The largest absolute Gasteiger partial charge is 0.324 e. The highest BCUT2D eigenvalue weighted by Gasteiger charge is 2.71. The van der Waals surface area contributed by atoms with Crippen molar-refractivity contribution in [3.8, 4) is 0 Å². The third-order valence-electron chi connectivity index (χ3n) is 6.75. The Balaban J connectivity index is 1.76. The molecule has 2 atom stereocenters. The molecule has 0 amide bonds. The van der Waals surface area contributed by atoms with Crippen LogP contribution in [0.3, 0.4) is 0 Å². The topological polar surface area (TPSA) is 26.0 Å². The maximum Gasteiger partial charge on any atom is 0.0316 e. The van der Waals surface area contributed by atoms with Crippen molar-refractivity contribution in [1.82, 2.24) is 0 Å². The summed E-state index contributed by atoms with van der Waals surface area (Å²) in [5, 5.41) is 0. The molecule has 0 aromatic heterocycles. The first-order valence-corrected chi connectivity index (χ1v) is 8.63. The van der Waals surface area contributed by atoms with Crippen LogP contribution in [0.5, 0.6) is 0 Å². The van der Waals surface area contributed by atoms with Gasteiger partial charge in [0.15, 0.2) is 0 Å². The predicted molar refractivity (Wildman–Crippen MR) is 83.6 cm³/mol. The van der Waals surface area contributed by atoms with Gasteiger partial charge in [-0.3, -0.25) is 0 Å². The van der Waals surface area contributed by atoms with Crippen LogP contribution < -0.4 is 5.73 Å². The lowest BCUT2D eigenvalue weighted by Gasteiger charge is -2.44. The van der Waals surface area contributed by atoms with E-state index in [1.807, 2.05) is 0 Å². The molecule has 2 N–H and O–H groups in total. The molecule has 0 spiro atoms. The molecule has 1 heteroatoms. The summed E-state index contributed by atoms with van der Waals surface area (Å²) in [5.41, 5.74) is 9.08. The van der Waals surface area contributed by atoms with E-state index in [9.17, 15) is 0 Å². The maximum atomic E-state index is 7.14. The molecule has 20 heavy (non-hydrogen) atoms. The molecule has 1 aromatic rings. The molecule has 2 unspecified atom stereocenters. The zero-order valence-corrected chi connectivity index (χ0v) is 12.5. The summed E-state index contributed by atoms with van der Waals surface area (Å²) in [6.45, 7) is 0. The molecular weight excluding hydrogens is 242 g/mol. The standard InChI is InChI=1S/C19H27N/c20-19(16-11-5-6-12-17(16)19)18(13-7-2-8-14-18)15-9-3-1-4-10-15/h1,3-4,9-10,16-17H,2,5-8,11-14,20H2. The number of benzene rings is 1. The van der Waals surface area contributed by atoms with Crippen molar-refractivity contribution in [2.24, 2.45) is 17.6 Å². The summed E-state index contributed by atoms with van der Waals surface area (Å²) >= 11 is 0. The van der Waals surface area contributed by atoms with Gasteiger partial charge in [0.05, 0.1) is 0 Å². The quantitative estimate of drug-likeness (QED) is 0.845. The Labute approximate surface area is 122 Å². The normalized spacial score (nSPS) is 39.0. The van der Waals surface area contributed by atoms with Crippen LogP contribution in [-0.4, -0.2) is 5.54 Å². The van der Waals surface area contributed by atoms with Gasteiger partial charge in [-0.25, -0.2) is 0 Å². The van der Waals surface area contributed by atoms with E-state index >= 15 is 0 Å². The Kier molecular flexibility index (Phi) is 2.96. The van der Waals surface area contributed by atoms with E-state index < -0.39 is 0 Å². The highest BCUT2D eigenvalue weighted by Crippen LogP contribution is 2.67. The third-order valence-corrected chi connectivity index (χ3v) is 6.75. The molecule has 0 bridgehead atoms. The number of rotatable bonds is 2. The molecule has 0 saturated heterocycles. The zero-order valence-electron chi connectivity index (χ0n) is 12.5. The zero-order chi connectivity index (χ0) is 13.6. The van der Waals surface area contributed by atoms with E-state index in [1.165, 1.54) is 63.4 Å². The molecule has 4 rings (SSSR count). The Bertz CT molecular complexity index is 460. The summed E-state index contributed by atoms with van der Waals surface area (Å²) in [6.07, 6.45) is 12.4. The van der Waals surface area contributed by atoms with Crippen molar-refractivity contribution in [1.29, 1.82) is 0 Å². The van der Waals surface area contributed by atoms with Gasteiger partial charge in [-0.15, -0.1) is 0 Å². The number of hydrogen-bond acceptors (Lipinski definition) is 1. The van der Waals surface area contributed by atoms with Gasteiger partial charge in [0.2, 0.25) is 0 Å². The minimum absolute atomic E-state index is 0.116. The van der Waals surface area contributed by atoms with Gasteiger partial charge in [0, 0.05) is 11.0 Å². The highest BCUT2D eigenvalue weighted by molar-refractivity contribution is 5.39. The summed E-state index contributed by atoms with van der Waals surface area (Å²) in [7, 11) is 0. The Morgan fingerprint density at radius 1 is 0.800 bits per heavy atom. The van der Waals surface area contributed by atoms with E-state index in [1.54, 1.807) is 0 Å². The van der Waals surface area contributed by atoms with Gasteiger partial charge in [-0.2, -0.15) is 0 Å². The van der Waals surface area contributed by atoms with Crippen molar-refractivity contribution in [2.45, 2.75) is 68.7 Å². The number of hydrogen-bond donors (Lipinski definition) is 1. The first-order chi connectivity index (χ1) is 9.79. The maximum absolute atomic E-state index is 7.14. The third kappa shape index (κ3) is 1.59. The van der Waals surface area contributed by atoms with Crippen LogP contribution >= 0.6 is 0 Å². The van der Waals surface area contributed by atoms with Crippen molar-refractivity contribution >= 4 is 0 Å². The van der Waals surface area contributed by atoms with Crippen molar-refractivity contribution in [3.05, 3.63) is 35.9 Å². The molecule has 1 aromatic carbocycles. The lowest BCUT2D eigenvalue weighted by Crippen LogP contribution is -2.51. The smallest absolute Gasteiger partial charge is 0.0316 e. The van der Waals surface area contributed by atoms with Crippen LogP contribution in [-0.2, 0) is 5.41 Å². The van der Waals surface area contributed by atoms with Crippen molar-refractivity contribution in [2.75, 3.05) is 0 Å². The van der Waals surface area contributed by atoms with Crippen LogP contribution in [0.25, 0.3) is 0 Å². The van der Waals surface area contributed by atoms with E-state index in [4.69, 9.17) is 5.73 Å². The van der Waals surface area contributed by atoms with Gasteiger partial charge in [-0.1, -0.05) is 62.4 Å². The minimum Gasteiger partial charge on any atom is -0.324 e. The SMILES string of the molecule is NC1(C2(c3ccccc3)CCCCC2)C2CCCCC21. The molecule has 3 aliphatic carbocycles. The summed E-state index contributed by atoms with van der Waals surface area (Å²) in [4.78, 5) is 0. The fraction of sp³-hybridized carbons (Fsp3) is 0.684. The van der Waals surface area contributed by atoms with E-state index in [-0.39, 0.29) is 11.0 Å². The number of nitrogens with two attached hydrogens (primary N) is 1. The fourth-order valence-corrected chi connectivity index (χ4v) is 5.77. The van der Waals surface area contributed by atoms with Gasteiger partial charge >= 0.3 is 0 Å². The second-order valence-electron chi connectivity index (χ2n) is 7.44. The second-order valence-corrected chi connectivity index (χ2v) is 7.44. The molecule has 3 aliphatic rings. The molecule has 0 radical (unpaired) electrons. The molecular formula is C19H27N. The Morgan fingerprint density at radius 2 is 1.40 bits per heavy atom. The summed E-state index contributed by atoms with van der Waals surface area (Å²) in [6, 6.07) is 11.3. The second kappa shape index (κ2) is 4.59. The lowest BCUT2D eigenvalue weighted by molar-refractivity contribution is 0.207. The van der Waals surface area contributed by atoms with Gasteiger partial charge in [-0.05, 0) is 43.1 Å². The number of fused-ring (bicyclic) bond motifs is 1. The monoisotopic (exact) mass is 269 g/mol. The van der Waals surface area contributed by atoms with Crippen LogP contribution in [0.15, 0.2) is 30.3 Å². The predicted octanol–water partition coefficient (Wildman–Crippen LogP) is 4.41. The molecule has 1 nitrogen and oxygen atoms in total. The molecule has 108 valence electrons. The van der Waals surface area contributed by atoms with Crippen LogP contribution in [0.4, 0.5) is 0 Å². The Morgan fingerprint density at radius 3 is 2.00 bits per heavy atom. The van der Waals surface area contributed by atoms with Crippen LogP contribution in [0.2, 0.25) is 0 Å². The van der Waals surface area contributed by atoms with E-state index in [0.29, 0.717) is 0 Å². The average molecular weight is 269 g/mol. The van der Waals surface area contributed by atoms with Gasteiger partial charge < -0.3 is 5.73 Å². The van der Waals surface area contributed by atoms with Crippen molar-refractivity contribution in [3.63, 3.8) is 0 Å². The first-order valence-electron chi connectivity index (χ1n) is 8.63. The average Bonchev–Trinajstić information content (AvgIpc) is 3.16. The minimum atomic E-state index is 0.116. The molecule has 0 heterocycles. The first kappa shape index (κ1) is 12.9. The lowest BCUT2D eigenvalue weighted by atomic mass is 9.62. The Hall–Kier alpha value is -0.820. The summed E-state index contributed by atoms with van der Waals surface area (Å²) < 4.78 is 0. The van der Waals surface area contributed by atoms with Gasteiger partial charge in [0.1, 0.15) is 0 Å². The molecule has 0 aliphatic heterocycles. The van der Waals surface area contributed by atoms with Crippen LogP contribution in [0.1, 0.15) is 63.4 Å². The van der Waals surface area contributed by atoms with Crippen molar-refractivity contribution < 1.29 is 0 Å². The molecule has 3 fully saturated rings. The van der Waals surface area contributed by atoms with E-state index in [2.05, 4.69) is 30.3 Å². The van der Waals surface area contributed by atoms with Gasteiger partial charge in [0.25, 0.3) is 0 Å². The molecule has 3 saturated carbocycles.